The Hall–Kier alpha value is -2.42. The van der Waals surface area contributed by atoms with Gasteiger partial charge in [0.05, 0.1) is 0 Å². The van der Waals surface area contributed by atoms with Crippen LogP contribution in [0.1, 0.15) is 23.1 Å². The molecule has 0 amide bonds. The van der Waals surface area contributed by atoms with E-state index in [1.807, 2.05) is 0 Å². The molecule has 1 aliphatic heterocycles. The molecule has 1 heterocycles. The van der Waals surface area contributed by atoms with Gasteiger partial charge in [-0.1, -0.05) is 91.0 Å². The van der Waals surface area contributed by atoms with E-state index >= 15 is 0 Å². The van der Waals surface area contributed by atoms with Gasteiger partial charge in [0.2, 0.25) is 0 Å². The molecule has 3 aromatic rings. The van der Waals surface area contributed by atoms with E-state index in [2.05, 4.69) is 101 Å². The Kier molecular flexibility index (Phi) is 6.54. The molecule has 0 unspecified atom stereocenters. The van der Waals surface area contributed by atoms with Crippen LogP contribution in [0.3, 0.4) is 0 Å². The maximum Gasteiger partial charge on any atom is 0.0267 e. The molecule has 0 spiro atoms. The number of nitrogens with zero attached hydrogens (tertiary/aromatic N) is 2. The van der Waals surface area contributed by atoms with Gasteiger partial charge >= 0.3 is 0 Å². The summed E-state index contributed by atoms with van der Waals surface area (Å²) < 4.78 is 0. The molecule has 2 heteroatoms. The molecule has 1 aliphatic rings. The van der Waals surface area contributed by atoms with Gasteiger partial charge in [0.1, 0.15) is 0 Å². The van der Waals surface area contributed by atoms with Crippen LogP contribution in [0.15, 0.2) is 91.0 Å². The fourth-order valence-corrected chi connectivity index (χ4v) is 4.28. The summed E-state index contributed by atoms with van der Waals surface area (Å²) in [6, 6.07) is 33.3. The Labute approximate surface area is 169 Å². The highest BCUT2D eigenvalue weighted by molar-refractivity contribution is 5.18. The Morgan fingerprint density at radius 1 is 0.607 bits per heavy atom. The highest BCUT2D eigenvalue weighted by atomic mass is 15.2. The van der Waals surface area contributed by atoms with Crippen LogP contribution in [-0.2, 0) is 19.5 Å². The van der Waals surface area contributed by atoms with Crippen LogP contribution in [0.5, 0.6) is 0 Å². The fraction of sp³-hybridized carbons (Fsp3) is 0.308. The summed E-state index contributed by atoms with van der Waals surface area (Å²) in [6.45, 7) is 5.54. The largest absolute Gasteiger partial charge is 0.297 e. The monoisotopic (exact) mass is 370 g/mol. The lowest BCUT2D eigenvalue weighted by molar-refractivity contribution is 0.167. The topological polar surface area (TPSA) is 6.48 Å². The lowest BCUT2D eigenvalue weighted by Gasteiger charge is -2.32. The lowest BCUT2D eigenvalue weighted by Crippen LogP contribution is -2.42. The molecule has 144 valence electrons. The average Bonchev–Trinajstić information content (AvgIpc) is 2.92. The zero-order chi connectivity index (χ0) is 19.0. The molecule has 1 saturated heterocycles. The first-order valence-electron chi connectivity index (χ1n) is 10.4. The number of benzene rings is 3. The molecule has 0 bridgehead atoms. The van der Waals surface area contributed by atoms with Crippen LogP contribution in [0.4, 0.5) is 0 Å². The third kappa shape index (κ3) is 5.31. The summed E-state index contributed by atoms with van der Waals surface area (Å²) in [6.07, 6.45) is 2.34. The molecule has 0 radical (unpaired) electrons. The molecular formula is C26H30N2. The van der Waals surface area contributed by atoms with E-state index in [-0.39, 0.29) is 0 Å². The van der Waals surface area contributed by atoms with Crippen molar-refractivity contribution >= 4 is 0 Å². The van der Waals surface area contributed by atoms with Crippen LogP contribution in [0.2, 0.25) is 0 Å². The summed E-state index contributed by atoms with van der Waals surface area (Å²) in [7, 11) is 0. The number of hydrogen-bond acceptors (Lipinski definition) is 2. The van der Waals surface area contributed by atoms with Crippen molar-refractivity contribution in [1.29, 1.82) is 0 Å². The van der Waals surface area contributed by atoms with Gasteiger partial charge in [0, 0.05) is 32.2 Å². The third-order valence-corrected chi connectivity index (χ3v) is 5.70. The highest BCUT2D eigenvalue weighted by Gasteiger charge is 2.25. The minimum Gasteiger partial charge on any atom is -0.297 e. The van der Waals surface area contributed by atoms with Crippen LogP contribution >= 0.6 is 0 Å². The lowest BCUT2D eigenvalue weighted by atomic mass is 10.0. The second kappa shape index (κ2) is 9.68. The van der Waals surface area contributed by atoms with E-state index in [1.54, 1.807) is 0 Å². The predicted octanol–water partition coefficient (Wildman–Crippen LogP) is 5.01. The molecule has 0 aliphatic carbocycles. The molecule has 1 fully saturated rings. The number of rotatable bonds is 6. The molecule has 3 aromatic carbocycles. The Bertz CT molecular complexity index is 817. The van der Waals surface area contributed by atoms with Crippen molar-refractivity contribution in [2.24, 2.45) is 0 Å². The Morgan fingerprint density at radius 3 is 1.75 bits per heavy atom. The highest BCUT2D eigenvalue weighted by Crippen LogP contribution is 2.19. The standard InChI is InChI=1S/C26H30N2/c1-4-11-23(12-5-1)19-26-22-27(20-24-13-6-2-7-14-24)17-10-18-28(26)21-25-15-8-3-9-16-25/h1-9,11-16,26H,10,17-22H2/t26-/m1/s1. The summed E-state index contributed by atoms with van der Waals surface area (Å²) in [5, 5.41) is 0. The fourth-order valence-electron chi connectivity index (χ4n) is 4.28. The van der Waals surface area contributed by atoms with Crippen LogP contribution in [0.25, 0.3) is 0 Å². The van der Waals surface area contributed by atoms with Crippen molar-refractivity contribution < 1.29 is 0 Å². The molecule has 0 N–H and O–H groups in total. The van der Waals surface area contributed by atoms with Crippen molar-refractivity contribution in [2.45, 2.75) is 32.0 Å². The SMILES string of the molecule is c1ccc(C[C@@H]2CN(Cc3ccccc3)CCCN2Cc2ccccc2)cc1. The first kappa shape index (κ1) is 18.9. The van der Waals surface area contributed by atoms with Crippen molar-refractivity contribution in [3.8, 4) is 0 Å². The van der Waals surface area contributed by atoms with Crippen LogP contribution < -0.4 is 0 Å². The van der Waals surface area contributed by atoms with Gasteiger partial charge in [-0.25, -0.2) is 0 Å². The summed E-state index contributed by atoms with van der Waals surface area (Å²) >= 11 is 0. The van der Waals surface area contributed by atoms with Crippen molar-refractivity contribution in [2.75, 3.05) is 19.6 Å². The first-order valence-corrected chi connectivity index (χ1v) is 10.4. The van der Waals surface area contributed by atoms with Gasteiger partial charge in [0.25, 0.3) is 0 Å². The van der Waals surface area contributed by atoms with Gasteiger partial charge in [0.15, 0.2) is 0 Å². The summed E-state index contributed by atoms with van der Waals surface area (Å²) in [5.74, 6) is 0. The summed E-state index contributed by atoms with van der Waals surface area (Å²) in [5.41, 5.74) is 4.27. The van der Waals surface area contributed by atoms with E-state index in [9.17, 15) is 0 Å². The minimum atomic E-state index is 0.536. The maximum absolute atomic E-state index is 2.70. The van der Waals surface area contributed by atoms with Gasteiger partial charge < -0.3 is 0 Å². The van der Waals surface area contributed by atoms with E-state index < -0.39 is 0 Å². The summed E-state index contributed by atoms with van der Waals surface area (Å²) in [4.78, 5) is 5.35. The molecule has 1 atom stereocenters. The van der Waals surface area contributed by atoms with Crippen molar-refractivity contribution in [3.05, 3.63) is 108 Å². The quantitative estimate of drug-likeness (QED) is 0.602. The van der Waals surface area contributed by atoms with Crippen molar-refractivity contribution in [1.82, 2.24) is 9.80 Å². The van der Waals surface area contributed by atoms with E-state index in [0.717, 1.165) is 32.6 Å². The van der Waals surface area contributed by atoms with Gasteiger partial charge in [-0.3, -0.25) is 9.80 Å². The zero-order valence-electron chi connectivity index (χ0n) is 16.6. The molecule has 2 nitrogen and oxygen atoms in total. The van der Waals surface area contributed by atoms with E-state index in [1.165, 1.54) is 29.7 Å². The van der Waals surface area contributed by atoms with Crippen LogP contribution in [0, 0.1) is 0 Å². The molecule has 4 rings (SSSR count). The van der Waals surface area contributed by atoms with Gasteiger partial charge in [-0.05, 0) is 36.1 Å². The minimum absolute atomic E-state index is 0.536. The Morgan fingerprint density at radius 2 is 1.14 bits per heavy atom. The second-order valence-corrected chi connectivity index (χ2v) is 7.87. The molecule has 0 aromatic heterocycles. The third-order valence-electron chi connectivity index (χ3n) is 5.70. The maximum atomic E-state index is 2.70. The smallest absolute Gasteiger partial charge is 0.0267 e. The normalized spacial score (nSPS) is 18.6. The average molecular weight is 371 g/mol. The number of hydrogen-bond donors (Lipinski definition) is 0. The Balaban J connectivity index is 1.51. The van der Waals surface area contributed by atoms with Gasteiger partial charge in [-0.2, -0.15) is 0 Å². The molecular weight excluding hydrogens is 340 g/mol. The second-order valence-electron chi connectivity index (χ2n) is 7.87. The molecule has 0 saturated carbocycles. The first-order chi connectivity index (χ1) is 13.9. The predicted molar refractivity (Wildman–Crippen MR) is 117 cm³/mol. The zero-order valence-corrected chi connectivity index (χ0v) is 16.6. The van der Waals surface area contributed by atoms with Crippen LogP contribution in [-0.4, -0.2) is 35.5 Å². The van der Waals surface area contributed by atoms with E-state index in [0.29, 0.717) is 6.04 Å². The van der Waals surface area contributed by atoms with Crippen molar-refractivity contribution in [3.63, 3.8) is 0 Å². The van der Waals surface area contributed by atoms with Gasteiger partial charge in [-0.15, -0.1) is 0 Å². The van der Waals surface area contributed by atoms with E-state index in [4.69, 9.17) is 0 Å². The molecule has 28 heavy (non-hydrogen) atoms.